The third-order valence-electron chi connectivity index (χ3n) is 5.46. The average Bonchev–Trinajstić information content (AvgIpc) is 2.85. The highest BCUT2D eigenvalue weighted by atomic mass is 16.6. The predicted octanol–water partition coefficient (Wildman–Crippen LogP) is 4.20. The molecule has 4 rings (SSSR count). The molecule has 0 aromatic heterocycles. The Balaban J connectivity index is 1.94. The minimum Gasteiger partial charge on any atom is -0.478 e. The summed E-state index contributed by atoms with van der Waals surface area (Å²) < 4.78 is 4.67. The van der Waals surface area contributed by atoms with E-state index in [1.807, 2.05) is 0 Å². The predicted molar refractivity (Wildman–Crippen MR) is 125 cm³/mol. The molecule has 0 radical (unpaired) electrons. The first-order valence-corrected chi connectivity index (χ1v) is 10.2. The van der Waals surface area contributed by atoms with Crippen molar-refractivity contribution in [3.63, 3.8) is 0 Å². The van der Waals surface area contributed by atoms with Gasteiger partial charge in [-0.2, -0.15) is 0 Å². The number of nitro groups is 2. The lowest BCUT2D eigenvalue weighted by Gasteiger charge is -2.12. The summed E-state index contributed by atoms with van der Waals surface area (Å²) in [6.45, 7) is 0. The number of nitro benzene ring substituents is 2. The van der Waals surface area contributed by atoms with Gasteiger partial charge in [-0.15, -0.1) is 0 Å². The molecule has 0 atom stereocenters. The molecular weight excluding hydrogens is 492 g/mol. The number of hydrogen-bond donors (Lipinski definition) is 2. The highest BCUT2D eigenvalue weighted by Crippen LogP contribution is 2.36. The van der Waals surface area contributed by atoms with E-state index in [1.54, 1.807) is 0 Å². The van der Waals surface area contributed by atoms with Crippen LogP contribution < -0.4 is 0 Å². The van der Waals surface area contributed by atoms with Gasteiger partial charge in [0.25, 0.3) is 11.4 Å². The molecule has 37 heavy (non-hydrogen) atoms. The van der Waals surface area contributed by atoms with Crippen molar-refractivity contribution in [2.75, 3.05) is 0 Å². The van der Waals surface area contributed by atoms with Crippen LogP contribution in [0.25, 0.3) is 21.5 Å². The Morgan fingerprint density at radius 1 is 0.649 bits per heavy atom. The maximum atomic E-state index is 13.0. The molecule has 0 spiro atoms. The Morgan fingerprint density at radius 3 is 1.32 bits per heavy atom. The fourth-order valence-corrected chi connectivity index (χ4v) is 3.97. The highest BCUT2D eigenvalue weighted by molar-refractivity contribution is 6.18. The fourth-order valence-electron chi connectivity index (χ4n) is 3.97. The van der Waals surface area contributed by atoms with Crippen LogP contribution in [0.2, 0.25) is 0 Å². The van der Waals surface area contributed by atoms with Gasteiger partial charge in [-0.3, -0.25) is 20.2 Å². The van der Waals surface area contributed by atoms with Crippen molar-refractivity contribution in [3.8, 4) is 0 Å². The van der Waals surface area contributed by atoms with E-state index >= 15 is 0 Å². The number of carboxylic acid groups (broad SMARTS) is 2. The number of benzene rings is 4. The summed E-state index contributed by atoms with van der Waals surface area (Å²) >= 11 is 0. The smallest absolute Gasteiger partial charge is 0.353 e. The van der Waals surface area contributed by atoms with Crippen LogP contribution >= 0.6 is 0 Å². The van der Waals surface area contributed by atoms with E-state index in [9.17, 15) is 49.6 Å². The van der Waals surface area contributed by atoms with Gasteiger partial charge in [-0.25, -0.2) is 19.2 Å². The van der Waals surface area contributed by atoms with Gasteiger partial charge in [0, 0.05) is 0 Å². The lowest BCUT2D eigenvalue weighted by atomic mass is 9.97. The van der Waals surface area contributed by atoms with Crippen molar-refractivity contribution in [2.45, 2.75) is 0 Å². The molecule has 13 nitrogen and oxygen atoms in total. The molecule has 184 valence electrons. The summed E-state index contributed by atoms with van der Waals surface area (Å²) in [7, 11) is 0. The standard InChI is InChI=1S/C24H12N2O11/c27-21(28)15-9-11-5-1-3-7-13(11)19(25(33)34)17(15)23(31)37-24(32)18-16(22(29)30)10-12-6-2-4-8-14(12)20(18)26(35)36/h1-10H,(H,27,28)(H,29,30). The molecule has 2 N–H and O–H groups in total. The topological polar surface area (TPSA) is 204 Å². The molecule has 4 aromatic carbocycles. The number of carboxylic acids is 2. The van der Waals surface area contributed by atoms with E-state index in [-0.39, 0.29) is 21.5 Å². The van der Waals surface area contributed by atoms with E-state index in [4.69, 9.17) is 0 Å². The molecule has 0 amide bonds. The molecule has 13 heteroatoms. The number of ether oxygens (including phenoxy) is 1. The van der Waals surface area contributed by atoms with E-state index in [2.05, 4.69) is 4.74 Å². The van der Waals surface area contributed by atoms with Crippen molar-refractivity contribution in [1.29, 1.82) is 0 Å². The van der Waals surface area contributed by atoms with Gasteiger partial charge in [0.2, 0.25) is 0 Å². The summed E-state index contributed by atoms with van der Waals surface area (Å²) in [6.07, 6.45) is 0. The van der Waals surface area contributed by atoms with Crippen molar-refractivity contribution in [3.05, 3.63) is 103 Å². The molecule has 0 saturated heterocycles. The Hall–Kier alpha value is -5.72. The second kappa shape index (κ2) is 9.14. The van der Waals surface area contributed by atoms with Crippen LogP contribution in [0.3, 0.4) is 0 Å². The monoisotopic (exact) mass is 504 g/mol. The van der Waals surface area contributed by atoms with E-state index in [1.165, 1.54) is 48.5 Å². The van der Waals surface area contributed by atoms with Gasteiger partial charge in [0.05, 0.1) is 31.7 Å². The van der Waals surface area contributed by atoms with Gasteiger partial charge >= 0.3 is 23.9 Å². The maximum Gasteiger partial charge on any atom is 0.353 e. The summed E-state index contributed by atoms with van der Waals surface area (Å²) in [5, 5.41) is 42.8. The van der Waals surface area contributed by atoms with Crippen LogP contribution in [0.5, 0.6) is 0 Å². The Labute approximate surface area is 204 Å². The molecule has 0 fully saturated rings. The van der Waals surface area contributed by atoms with E-state index in [0.717, 1.165) is 12.1 Å². The number of nitrogens with zero attached hydrogens (tertiary/aromatic N) is 2. The number of rotatable bonds is 6. The van der Waals surface area contributed by atoms with Crippen LogP contribution in [-0.4, -0.2) is 43.9 Å². The lowest BCUT2D eigenvalue weighted by molar-refractivity contribution is -0.383. The maximum absolute atomic E-state index is 13.0. The second-order valence-corrected chi connectivity index (χ2v) is 7.54. The molecule has 0 aliphatic carbocycles. The molecule has 0 unspecified atom stereocenters. The molecule has 0 bridgehead atoms. The van der Waals surface area contributed by atoms with Crippen LogP contribution in [0.4, 0.5) is 11.4 Å². The Kier molecular flexibility index (Phi) is 6.03. The molecular formula is C24H12N2O11. The Morgan fingerprint density at radius 2 is 1.00 bits per heavy atom. The van der Waals surface area contributed by atoms with Gasteiger partial charge in [0.15, 0.2) is 11.1 Å². The normalized spacial score (nSPS) is 10.7. The number of aromatic carboxylic acids is 2. The largest absolute Gasteiger partial charge is 0.478 e. The van der Waals surface area contributed by atoms with Crippen molar-refractivity contribution in [1.82, 2.24) is 0 Å². The number of carbonyl (C=O) groups excluding carboxylic acids is 2. The van der Waals surface area contributed by atoms with E-state index < -0.39 is 67.4 Å². The average molecular weight is 504 g/mol. The second-order valence-electron chi connectivity index (χ2n) is 7.54. The highest BCUT2D eigenvalue weighted by Gasteiger charge is 2.37. The summed E-state index contributed by atoms with van der Waals surface area (Å²) in [5.41, 5.74) is -5.86. The summed E-state index contributed by atoms with van der Waals surface area (Å²) in [5.74, 6) is -7.12. The van der Waals surface area contributed by atoms with Gasteiger partial charge in [-0.1, -0.05) is 36.4 Å². The SMILES string of the molecule is O=C(O)c1cc2ccccc2c([N+](=O)[O-])c1C(=O)OC(=O)c1c(C(=O)O)cc2ccccc2c1[N+](=O)[O-]. The molecule has 0 aliphatic heterocycles. The first-order chi connectivity index (χ1) is 17.5. The van der Waals surface area contributed by atoms with Crippen LogP contribution in [0, 0.1) is 20.2 Å². The molecule has 0 heterocycles. The third kappa shape index (κ3) is 4.16. The van der Waals surface area contributed by atoms with Gasteiger partial charge < -0.3 is 14.9 Å². The number of hydrogen-bond acceptors (Lipinski definition) is 9. The molecule has 0 saturated carbocycles. The van der Waals surface area contributed by atoms with Crippen LogP contribution in [0.15, 0.2) is 60.7 Å². The van der Waals surface area contributed by atoms with Crippen molar-refractivity contribution in [2.24, 2.45) is 0 Å². The quantitative estimate of drug-likeness (QED) is 0.165. The number of carbonyl (C=O) groups is 4. The number of esters is 2. The van der Waals surface area contributed by atoms with Crippen LogP contribution in [0.1, 0.15) is 41.4 Å². The third-order valence-corrected chi connectivity index (χ3v) is 5.46. The minimum atomic E-state index is -1.81. The van der Waals surface area contributed by atoms with Gasteiger partial charge in [0.1, 0.15) is 0 Å². The van der Waals surface area contributed by atoms with E-state index in [0.29, 0.717) is 0 Å². The lowest BCUT2D eigenvalue weighted by Crippen LogP contribution is -2.21. The first kappa shape index (κ1) is 24.4. The fraction of sp³-hybridized carbons (Fsp3) is 0. The number of fused-ring (bicyclic) bond motifs is 2. The minimum absolute atomic E-state index is 0.104. The van der Waals surface area contributed by atoms with Crippen molar-refractivity contribution >= 4 is 56.8 Å². The zero-order chi connectivity index (χ0) is 27.0. The Bertz CT molecular complexity index is 1580. The molecule has 4 aromatic rings. The summed E-state index contributed by atoms with van der Waals surface area (Å²) in [6, 6.07) is 12.9. The van der Waals surface area contributed by atoms with Crippen LogP contribution in [-0.2, 0) is 4.74 Å². The van der Waals surface area contributed by atoms with Crippen molar-refractivity contribution < 1.29 is 44.0 Å². The van der Waals surface area contributed by atoms with Gasteiger partial charge in [-0.05, 0) is 35.0 Å². The zero-order valence-corrected chi connectivity index (χ0v) is 18.2. The summed E-state index contributed by atoms with van der Waals surface area (Å²) in [4.78, 5) is 71.4. The zero-order valence-electron chi connectivity index (χ0n) is 18.2. The molecule has 0 aliphatic rings. The first-order valence-electron chi connectivity index (χ1n) is 10.2.